The molecule has 174 valence electrons. The summed E-state index contributed by atoms with van der Waals surface area (Å²) in [6.07, 6.45) is 2.63. The van der Waals surface area contributed by atoms with Crippen LogP contribution in [0.15, 0.2) is 66.9 Å². The number of carbonyl (C=O) groups is 1. The van der Waals surface area contributed by atoms with E-state index in [2.05, 4.69) is 50.2 Å². The van der Waals surface area contributed by atoms with Crippen LogP contribution in [0, 0.1) is 5.92 Å². The van der Waals surface area contributed by atoms with Crippen LogP contribution in [-0.2, 0) is 5.41 Å². The Bertz CT molecular complexity index is 1060. The highest BCUT2D eigenvalue weighted by atomic mass is 16.5. The Kier molecular flexibility index (Phi) is 7.93. The maximum atomic E-state index is 12.6. The lowest BCUT2D eigenvalue weighted by molar-refractivity contribution is 0.262. The number of para-hydroxylation sites is 1. The first kappa shape index (κ1) is 24.1. The third-order valence-electron chi connectivity index (χ3n) is 5.00. The minimum Gasteiger partial charge on any atom is -0.494 e. The molecule has 2 N–H and O–H groups in total. The molecule has 6 heteroatoms. The van der Waals surface area contributed by atoms with Crippen molar-refractivity contribution in [3.05, 3.63) is 72.4 Å². The molecule has 0 aliphatic rings. The average molecular weight is 448 g/mol. The Hall–Kier alpha value is -3.54. The second kappa shape index (κ2) is 10.9. The molecule has 6 nitrogen and oxygen atoms in total. The molecule has 0 unspecified atom stereocenters. The fourth-order valence-corrected chi connectivity index (χ4v) is 3.18. The van der Waals surface area contributed by atoms with Crippen LogP contribution in [0.25, 0.3) is 0 Å². The quantitative estimate of drug-likeness (QED) is 0.382. The summed E-state index contributed by atoms with van der Waals surface area (Å²) in [7, 11) is 0. The van der Waals surface area contributed by atoms with Gasteiger partial charge in [-0.25, -0.2) is 9.78 Å². The summed E-state index contributed by atoms with van der Waals surface area (Å²) in [5.41, 5.74) is 2.10. The van der Waals surface area contributed by atoms with Gasteiger partial charge in [0.15, 0.2) is 0 Å². The van der Waals surface area contributed by atoms with E-state index < -0.39 is 0 Å². The van der Waals surface area contributed by atoms with Gasteiger partial charge in [0.25, 0.3) is 0 Å². The highest BCUT2D eigenvalue weighted by Crippen LogP contribution is 2.35. The van der Waals surface area contributed by atoms with E-state index in [-0.39, 0.29) is 11.4 Å². The Morgan fingerprint density at radius 2 is 1.70 bits per heavy atom. The van der Waals surface area contributed by atoms with E-state index in [1.807, 2.05) is 48.5 Å². The lowest BCUT2D eigenvalue weighted by atomic mass is 9.86. The number of carbonyl (C=O) groups excluding carboxylic acids is 1. The third-order valence-corrected chi connectivity index (χ3v) is 5.00. The van der Waals surface area contributed by atoms with Gasteiger partial charge in [-0.1, -0.05) is 52.8 Å². The van der Waals surface area contributed by atoms with Crippen LogP contribution in [0.1, 0.15) is 46.6 Å². The molecule has 3 rings (SSSR count). The van der Waals surface area contributed by atoms with Crippen molar-refractivity contribution in [1.82, 2.24) is 4.98 Å². The van der Waals surface area contributed by atoms with Crippen LogP contribution in [0.4, 0.5) is 16.2 Å². The van der Waals surface area contributed by atoms with Gasteiger partial charge < -0.3 is 20.1 Å². The van der Waals surface area contributed by atoms with Crippen LogP contribution < -0.4 is 20.1 Å². The third kappa shape index (κ3) is 7.24. The van der Waals surface area contributed by atoms with E-state index in [1.54, 1.807) is 18.3 Å². The fourth-order valence-electron chi connectivity index (χ4n) is 3.18. The number of nitrogens with one attached hydrogen (secondary N) is 2. The molecule has 1 aromatic heterocycles. The zero-order chi connectivity index (χ0) is 23.8. The van der Waals surface area contributed by atoms with Crippen molar-refractivity contribution in [1.29, 1.82) is 0 Å². The van der Waals surface area contributed by atoms with Gasteiger partial charge in [0.1, 0.15) is 17.2 Å². The lowest BCUT2D eigenvalue weighted by Gasteiger charge is -2.22. The second-order valence-electron chi connectivity index (χ2n) is 9.34. The van der Waals surface area contributed by atoms with Crippen LogP contribution >= 0.6 is 0 Å². The zero-order valence-corrected chi connectivity index (χ0v) is 20.0. The summed E-state index contributed by atoms with van der Waals surface area (Å²) < 4.78 is 11.8. The summed E-state index contributed by atoms with van der Waals surface area (Å²) in [6, 6.07) is 18.3. The molecule has 0 radical (unpaired) electrons. The largest absolute Gasteiger partial charge is 0.494 e. The van der Waals surface area contributed by atoms with E-state index in [0.29, 0.717) is 35.5 Å². The molecule has 2 amide bonds. The van der Waals surface area contributed by atoms with Gasteiger partial charge in [-0.15, -0.1) is 0 Å². The van der Waals surface area contributed by atoms with Gasteiger partial charge in [0, 0.05) is 17.4 Å². The normalized spacial score (nSPS) is 11.2. The van der Waals surface area contributed by atoms with Crippen LogP contribution in [0.3, 0.4) is 0 Å². The molecular weight excluding hydrogens is 414 g/mol. The summed E-state index contributed by atoms with van der Waals surface area (Å²) in [5.74, 6) is 2.42. The van der Waals surface area contributed by atoms with Crippen molar-refractivity contribution in [2.24, 2.45) is 5.92 Å². The number of benzene rings is 2. The minimum absolute atomic E-state index is 0.0962. The van der Waals surface area contributed by atoms with Crippen LogP contribution in [-0.4, -0.2) is 17.6 Å². The Morgan fingerprint density at radius 1 is 0.970 bits per heavy atom. The smallest absolute Gasteiger partial charge is 0.323 e. The van der Waals surface area contributed by atoms with Gasteiger partial charge in [-0.3, -0.25) is 0 Å². The maximum Gasteiger partial charge on any atom is 0.323 e. The van der Waals surface area contributed by atoms with Crippen molar-refractivity contribution in [2.75, 3.05) is 17.2 Å². The van der Waals surface area contributed by atoms with E-state index in [1.165, 1.54) is 0 Å². The number of aromatic nitrogens is 1. The highest BCUT2D eigenvalue weighted by Gasteiger charge is 2.20. The number of anilines is 2. The first-order chi connectivity index (χ1) is 15.7. The maximum absolute atomic E-state index is 12.6. The fraction of sp³-hybridized carbons (Fsp3) is 0.333. The van der Waals surface area contributed by atoms with Gasteiger partial charge in [0.05, 0.1) is 6.61 Å². The zero-order valence-electron chi connectivity index (χ0n) is 20.0. The summed E-state index contributed by atoms with van der Waals surface area (Å²) in [6.45, 7) is 11.4. The molecule has 0 bridgehead atoms. The van der Waals surface area contributed by atoms with E-state index >= 15 is 0 Å². The molecular formula is C27H33N3O3. The number of urea groups is 1. The lowest BCUT2D eigenvalue weighted by Crippen LogP contribution is -2.20. The minimum atomic E-state index is -0.384. The predicted molar refractivity (Wildman–Crippen MR) is 133 cm³/mol. The molecule has 0 aliphatic carbocycles. The van der Waals surface area contributed by atoms with Gasteiger partial charge in [-0.2, -0.15) is 0 Å². The first-order valence-corrected chi connectivity index (χ1v) is 11.3. The summed E-state index contributed by atoms with van der Waals surface area (Å²) in [4.78, 5) is 16.9. The molecule has 0 atom stereocenters. The number of hydrogen-bond donors (Lipinski definition) is 2. The summed E-state index contributed by atoms with van der Waals surface area (Å²) in [5, 5.41) is 5.66. The van der Waals surface area contributed by atoms with Crippen molar-refractivity contribution in [2.45, 2.75) is 46.5 Å². The molecule has 0 saturated carbocycles. The first-order valence-electron chi connectivity index (χ1n) is 11.3. The molecule has 1 heterocycles. The predicted octanol–water partition coefficient (Wildman–Crippen LogP) is 7.24. The standard InChI is InChI=1S/C27H33N3O3/c1-19(2)16-18-32-21-14-12-20(13-15-21)29-26(31)30-23-10-8-17-28-25(23)33-24-11-7-6-9-22(24)27(3,4)5/h6-15,17,19H,16,18H2,1-5H3,(H2,29,30,31). The van der Waals surface area contributed by atoms with Gasteiger partial charge in [0.2, 0.25) is 5.88 Å². The van der Waals surface area contributed by atoms with Crippen molar-refractivity contribution in [3.63, 3.8) is 0 Å². The van der Waals surface area contributed by atoms with Crippen LogP contribution in [0.5, 0.6) is 17.4 Å². The monoisotopic (exact) mass is 447 g/mol. The van der Waals surface area contributed by atoms with E-state index in [9.17, 15) is 4.79 Å². The van der Waals surface area contributed by atoms with Crippen molar-refractivity contribution in [3.8, 4) is 17.4 Å². The Balaban J connectivity index is 1.65. The number of nitrogens with zero attached hydrogens (tertiary/aromatic N) is 1. The number of amides is 2. The average Bonchev–Trinajstić information content (AvgIpc) is 2.76. The number of pyridine rings is 1. The second-order valence-corrected chi connectivity index (χ2v) is 9.34. The molecule has 0 fully saturated rings. The van der Waals surface area contributed by atoms with E-state index in [0.717, 1.165) is 17.7 Å². The molecule has 33 heavy (non-hydrogen) atoms. The molecule has 3 aromatic rings. The highest BCUT2D eigenvalue weighted by molar-refractivity contribution is 6.00. The Labute approximate surface area is 196 Å². The van der Waals surface area contributed by atoms with Crippen molar-refractivity contribution < 1.29 is 14.3 Å². The van der Waals surface area contributed by atoms with Gasteiger partial charge >= 0.3 is 6.03 Å². The molecule has 0 saturated heterocycles. The Morgan fingerprint density at radius 3 is 2.39 bits per heavy atom. The molecule has 0 aliphatic heterocycles. The van der Waals surface area contributed by atoms with Crippen LogP contribution in [0.2, 0.25) is 0 Å². The van der Waals surface area contributed by atoms with Gasteiger partial charge in [-0.05, 0) is 60.2 Å². The number of ether oxygens (including phenoxy) is 2. The number of rotatable bonds is 8. The topological polar surface area (TPSA) is 72.5 Å². The summed E-state index contributed by atoms with van der Waals surface area (Å²) >= 11 is 0. The molecule has 0 spiro atoms. The van der Waals surface area contributed by atoms with Crippen molar-refractivity contribution >= 4 is 17.4 Å². The van der Waals surface area contributed by atoms with E-state index in [4.69, 9.17) is 9.47 Å². The number of hydrogen-bond acceptors (Lipinski definition) is 4. The molecule has 2 aromatic carbocycles. The SMILES string of the molecule is CC(C)CCOc1ccc(NC(=O)Nc2cccnc2Oc2ccccc2C(C)(C)C)cc1.